The van der Waals surface area contributed by atoms with Gasteiger partial charge in [-0.25, -0.2) is 4.79 Å². The normalized spacial score (nSPS) is 12.7. The van der Waals surface area contributed by atoms with Crippen molar-refractivity contribution in [3.63, 3.8) is 0 Å². The van der Waals surface area contributed by atoms with Crippen LogP contribution in [0.25, 0.3) is 0 Å². The van der Waals surface area contributed by atoms with Gasteiger partial charge in [0.05, 0.1) is 6.10 Å². The first-order valence-corrected chi connectivity index (χ1v) is 8.79. The van der Waals surface area contributed by atoms with Crippen LogP contribution in [0.5, 0.6) is 5.75 Å². The van der Waals surface area contributed by atoms with Crippen LogP contribution in [0.3, 0.4) is 0 Å². The maximum absolute atomic E-state index is 12.2. The second-order valence-electron chi connectivity index (χ2n) is 6.11. The van der Waals surface area contributed by atoms with Gasteiger partial charge in [-0.15, -0.1) is 0 Å². The van der Waals surface area contributed by atoms with Gasteiger partial charge in [0.2, 0.25) is 0 Å². The van der Waals surface area contributed by atoms with Gasteiger partial charge in [0, 0.05) is 12.1 Å². The first-order chi connectivity index (χ1) is 12.5. The van der Waals surface area contributed by atoms with E-state index in [0.29, 0.717) is 17.9 Å². The van der Waals surface area contributed by atoms with Crippen LogP contribution < -0.4 is 10.1 Å². The maximum Gasteiger partial charge on any atom is 0.347 e. The van der Waals surface area contributed by atoms with E-state index in [2.05, 4.69) is 5.32 Å². The van der Waals surface area contributed by atoms with Gasteiger partial charge >= 0.3 is 5.97 Å². The van der Waals surface area contributed by atoms with Gasteiger partial charge in [-0.1, -0.05) is 37.3 Å². The summed E-state index contributed by atoms with van der Waals surface area (Å²) in [4.78, 5) is 24.1. The van der Waals surface area contributed by atoms with Gasteiger partial charge in [0.15, 0.2) is 6.10 Å². The van der Waals surface area contributed by atoms with Crippen molar-refractivity contribution in [2.75, 3.05) is 0 Å². The fourth-order valence-corrected chi connectivity index (χ4v) is 2.19. The molecule has 0 radical (unpaired) electrons. The fraction of sp³-hybridized carbons (Fsp3) is 0.333. The quantitative estimate of drug-likeness (QED) is 0.733. The van der Waals surface area contributed by atoms with Gasteiger partial charge < -0.3 is 14.8 Å². The van der Waals surface area contributed by atoms with Crippen molar-refractivity contribution in [3.8, 4) is 5.75 Å². The van der Waals surface area contributed by atoms with E-state index < -0.39 is 12.1 Å². The molecule has 138 valence electrons. The number of hydrogen-bond donors (Lipinski definition) is 1. The molecule has 2 aromatic rings. The molecule has 2 atom stereocenters. The summed E-state index contributed by atoms with van der Waals surface area (Å²) < 4.78 is 10.8. The molecule has 1 amide bonds. The Bertz CT molecular complexity index is 713. The predicted molar refractivity (Wildman–Crippen MR) is 100.0 cm³/mol. The largest absolute Gasteiger partial charge is 0.479 e. The predicted octanol–water partition coefficient (Wildman–Crippen LogP) is 3.73. The summed E-state index contributed by atoms with van der Waals surface area (Å²) in [5.41, 5.74) is 1.57. The molecule has 0 aromatic heterocycles. The number of ether oxygens (including phenoxy) is 2. The van der Waals surface area contributed by atoms with E-state index in [-0.39, 0.29) is 12.0 Å². The average Bonchev–Trinajstić information content (AvgIpc) is 2.67. The standard InChI is InChI=1S/C21H25NO4/c1-4-15(2)25-21(24)16(3)26-19-12-10-18(11-13-19)20(23)22-14-17-8-6-5-7-9-17/h5-13,15-16H,4,14H2,1-3H3,(H,22,23). The Kier molecular flexibility index (Phi) is 7.21. The minimum Gasteiger partial charge on any atom is -0.479 e. The van der Waals surface area contributed by atoms with E-state index >= 15 is 0 Å². The summed E-state index contributed by atoms with van der Waals surface area (Å²) in [5, 5.41) is 2.87. The van der Waals surface area contributed by atoms with Crippen molar-refractivity contribution in [1.29, 1.82) is 0 Å². The molecule has 2 rings (SSSR count). The van der Waals surface area contributed by atoms with Crippen molar-refractivity contribution in [2.45, 2.75) is 45.9 Å². The Morgan fingerprint density at radius 2 is 1.65 bits per heavy atom. The van der Waals surface area contributed by atoms with E-state index in [0.717, 1.165) is 12.0 Å². The van der Waals surface area contributed by atoms with Crippen molar-refractivity contribution >= 4 is 11.9 Å². The van der Waals surface area contributed by atoms with E-state index in [1.54, 1.807) is 31.2 Å². The Morgan fingerprint density at radius 1 is 1.00 bits per heavy atom. The van der Waals surface area contributed by atoms with Gasteiger partial charge in [0.25, 0.3) is 5.91 Å². The molecule has 1 N–H and O–H groups in total. The summed E-state index contributed by atoms with van der Waals surface area (Å²) in [5.74, 6) is -0.0492. The maximum atomic E-state index is 12.2. The molecular formula is C21H25NO4. The Hall–Kier alpha value is -2.82. The fourth-order valence-electron chi connectivity index (χ4n) is 2.19. The van der Waals surface area contributed by atoms with Crippen LogP contribution in [-0.4, -0.2) is 24.1 Å². The third-order valence-electron chi connectivity index (χ3n) is 3.95. The highest BCUT2D eigenvalue weighted by atomic mass is 16.6. The molecule has 0 heterocycles. The molecule has 0 aliphatic heterocycles. The number of rotatable bonds is 8. The van der Waals surface area contributed by atoms with E-state index in [1.807, 2.05) is 44.2 Å². The first-order valence-electron chi connectivity index (χ1n) is 8.79. The average molecular weight is 355 g/mol. The van der Waals surface area contributed by atoms with Crippen LogP contribution in [0.2, 0.25) is 0 Å². The summed E-state index contributed by atoms with van der Waals surface area (Å²) in [7, 11) is 0. The highest BCUT2D eigenvalue weighted by Gasteiger charge is 2.18. The number of carbonyl (C=O) groups is 2. The second kappa shape index (κ2) is 9.61. The Labute approximate surface area is 154 Å². The summed E-state index contributed by atoms with van der Waals surface area (Å²) in [6.45, 7) is 5.90. The topological polar surface area (TPSA) is 64.6 Å². The van der Waals surface area contributed by atoms with Crippen LogP contribution >= 0.6 is 0 Å². The molecule has 0 saturated heterocycles. The molecule has 5 nitrogen and oxygen atoms in total. The van der Waals surface area contributed by atoms with Crippen LogP contribution in [0.15, 0.2) is 54.6 Å². The molecule has 2 aromatic carbocycles. The zero-order valence-corrected chi connectivity index (χ0v) is 15.4. The van der Waals surface area contributed by atoms with Crippen LogP contribution in [-0.2, 0) is 16.1 Å². The Morgan fingerprint density at radius 3 is 2.27 bits per heavy atom. The van der Waals surface area contributed by atoms with E-state index in [9.17, 15) is 9.59 Å². The van der Waals surface area contributed by atoms with Crippen molar-refractivity contribution in [2.24, 2.45) is 0 Å². The number of hydrogen-bond acceptors (Lipinski definition) is 4. The van der Waals surface area contributed by atoms with Crippen LogP contribution in [0, 0.1) is 0 Å². The van der Waals surface area contributed by atoms with Gasteiger partial charge in [-0.2, -0.15) is 0 Å². The second-order valence-corrected chi connectivity index (χ2v) is 6.11. The van der Waals surface area contributed by atoms with E-state index in [4.69, 9.17) is 9.47 Å². The molecule has 0 spiro atoms. The monoisotopic (exact) mass is 355 g/mol. The first kappa shape index (κ1) is 19.5. The van der Waals surface area contributed by atoms with Crippen molar-refractivity contribution in [3.05, 3.63) is 65.7 Å². The number of amides is 1. The van der Waals surface area contributed by atoms with E-state index in [1.165, 1.54) is 0 Å². The lowest BCUT2D eigenvalue weighted by Gasteiger charge is -2.17. The van der Waals surface area contributed by atoms with Crippen LogP contribution in [0.4, 0.5) is 0 Å². The lowest BCUT2D eigenvalue weighted by Crippen LogP contribution is -2.29. The Balaban J connectivity index is 1.87. The van der Waals surface area contributed by atoms with Crippen molar-refractivity contribution < 1.29 is 19.1 Å². The lowest BCUT2D eigenvalue weighted by atomic mass is 10.2. The lowest BCUT2D eigenvalue weighted by molar-refractivity contribution is -0.155. The third kappa shape index (κ3) is 5.92. The minimum absolute atomic E-state index is 0.135. The summed E-state index contributed by atoms with van der Waals surface area (Å²) in [6.07, 6.45) is -0.0865. The summed E-state index contributed by atoms with van der Waals surface area (Å²) >= 11 is 0. The number of esters is 1. The molecule has 0 fully saturated rings. The minimum atomic E-state index is -0.707. The molecule has 5 heteroatoms. The molecule has 0 saturated carbocycles. The smallest absolute Gasteiger partial charge is 0.347 e. The summed E-state index contributed by atoms with van der Waals surface area (Å²) in [6, 6.07) is 16.4. The number of nitrogens with one attached hydrogen (secondary N) is 1. The van der Waals surface area contributed by atoms with Gasteiger partial charge in [-0.3, -0.25) is 4.79 Å². The zero-order chi connectivity index (χ0) is 18.9. The zero-order valence-electron chi connectivity index (χ0n) is 15.4. The molecule has 2 unspecified atom stereocenters. The third-order valence-corrected chi connectivity index (χ3v) is 3.95. The molecule has 0 aliphatic carbocycles. The van der Waals surface area contributed by atoms with Crippen LogP contribution in [0.1, 0.15) is 43.1 Å². The molecular weight excluding hydrogens is 330 g/mol. The highest BCUT2D eigenvalue weighted by molar-refractivity contribution is 5.94. The highest BCUT2D eigenvalue weighted by Crippen LogP contribution is 2.15. The number of benzene rings is 2. The van der Waals surface area contributed by atoms with Gasteiger partial charge in [0.1, 0.15) is 5.75 Å². The molecule has 0 bridgehead atoms. The van der Waals surface area contributed by atoms with Crippen molar-refractivity contribution in [1.82, 2.24) is 5.32 Å². The SMILES string of the molecule is CCC(C)OC(=O)C(C)Oc1ccc(C(=O)NCc2ccccc2)cc1. The van der Waals surface area contributed by atoms with Gasteiger partial charge in [-0.05, 0) is 50.1 Å². The molecule has 0 aliphatic rings. The molecule has 26 heavy (non-hydrogen) atoms. The number of carbonyl (C=O) groups excluding carboxylic acids is 2.